The summed E-state index contributed by atoms with van der Waals surface area (Å²) in [6.45, 7) is 3.59. The highest BCUT2D eigenvalue weighted by Gasteiger charge is 2.28. The van der Waals surface area contributed by atoms with Crippen LogP contribution in [-0.2, 0) is 20.8 Å². The van der Waals surface area contributed by atoms with Crippen LogP contribution in [0.25, 0.3) is 0 Å². The van der Waals surface area contributed by atoms with E-state index in [4.69, 9.17) is 5.73 Å². The standard InChI is InChI=1S/C19H29N3O5S/c1-11(2)16(20)18(25)22-15(10-12-4-6-13(23)7-5-12)17(24)21-14(19(26)27)8-9-28-3/h4-7,11,14-16,23H,8-10,20H2,1-3H3,(H,21,24)(H,22,25)(H,26,27)/t14-,15-,16-/m0/s1. The Hall–Kier alpha value is -2.26. The molecule has 0 radical (unpaired) electrons. The third kappa shape index (κ3) is 7.77. The van der Waals surface area contributed by atoms with Crippen LogP contribution in [0.2, 0.25) is 0 Å². The summed E-state index contributed by atoms with van der Waals surface area (Å²) in [5.74, 6) is -1.67. The molecule has 28 heavy (non-hydrogen) atoms. The molecule has 0 spiro atoms. The maximum Gasteiger partial charge on any atom is 0.326 e. The number of carbonyl (C=O) groups is 3. The zero-order valence-corrected chi connectivity index (χ0v) is 17.2. The summed E-state index contributed by atoms with van der Waals surface area (Å²) < 4.78 is 0. The second-order valence-corrected chi connectivity index (χ2v) is 7.87. The van der Waals surface area contributed by atoms with Crippen molar-refractivity contribution in [3.8, 4) is 5.75 Å². The molecule has 1 aromatic rings. The highest BCUT2D eigenvalue weighted by molar-refractivity contribution is 7.98. The molecule has 156 valence electrons. The van der Waals surface area contributed by atoms with Gasteiger partial charge in [-0.1, -0.05) is 26.0 Å². The molecule has 9 heteroatoms. The maximum absolute atomic E-state index is 12.7. The molecule has 3 atom stereocenters. The number of carbonyl (C=O) groups excluding carboxylic acids is 2. The van der Waals surface area contributed by atoms with Crippen LogP contribution in [0.15, 0.2) is 24.3 Å². The average Bonchev–Trinajstić information content (AvgIpc) is 2.64. The monoisotopic (exact) mass is 411 g/mol. The molecular formula is C19H29N3O5S. The van der Waals surface area contributed by atoms with Crippen LogP contribution in [0.1, 0.15) is 25.8 Å². The van der Waals surface area contributed by atoms with Crippen molar-refractivity contribution in [2.45, 2.75) is 44.8 Å². The van der Waals surface area contributed by atoms with E-state index in [1.807, 2.05) is 6.26 Å². The fraction of sp³-hybridized carbons (Fsp3) is 0.526. The minimum absolute atomic E-state index is 0.0821. The number of carboxylic acids is 1. The van der Waals surface area contributed by atoms with E-state index in [-0.39, 0.29) is 24.5 Å². The van der Waals surface area contributed by atoms with E-state index in [1.54, 1.807) is 26.0 Å². The van der Waals surface area contributed by atoms with Crippen LogP contribution < -0.4 is 16.4 Å². The number of thioether (sulfide) groups is 1. The van der Waals surface area contributed by atoms with Crippen molar-refractivity contribution in [2.75, 3.05) is 12.0 Å². The number of aliphatic carboxylic acids is 1. The number of aromatic hydroxyl groups is 1. The van der Waals surface area contributed by atoms with Crippen LogP contribution in [0, 0.1) is 5.92 Å². The van der Waals surface area contributed by atoms with Gasteiger partial charge in [0.05, 0.1) is 6.04 Å². The van der Waals surface area contributed by atoms with Crippen LogP contribution in [0.3, 0.4) is 0 Å². The van der Waals surface area contributed by atoms with Gasteiger partial charge in [0.1, 0.15) is 17.8 Å². The number of hydrogen-bond acceptors (Lipinski definition) is 6. The van der Waals surface area contributed by atoms with E-state index in [9.17, 15) is 24.6 Å². The second kappa shape index (κ2) is 11.6. The number of carboxylic acid groups (broad SMARTS) is 1. The first-order chi connectivity index (χ1) is 13.1. The van der Waals surface area contributed by atoms with Crippen LogP contribution >= 0.6 is 11.8 Å². The highest BCUT2D eigenvalue weighted by Crippen LogP contribution is 2.12. The SMILES string of the molecule is CSCC[C@H](NC(=O)[C@H](Cc1ccc(O)cc1)NC(=O)[C@@H](N)C(C)C)C(=O)O. The molecule has 0 fully saturated rings. The van der Waals surface area contributed by atoms with E-state index < -0.39 is 35.9 Å². The molecule has 1 aromatic carbocycles. The van der Waals surface area contributed by atoms with Gasteiger partial charge in [-0.3, -0.25) is 9.59 Å². The lowest BCUT2D eigenvalue weighted by Gasteiger charge is -2.24. The van der Waals surface area contributed by atoms with Gasteiger partial charge in [-0.05, 0) is 42.0 Å². The van der Waals surface area contributed by atoms with E-state index in [2.05, 4.69) is 10.6 Å². The molecule has 6 N–H and O–H groups in total. The molecule has 0 aliphatic rings. The topological polar surface area (TPSA) is 142 Å². The predicted molar refractivity (Wildman–Crippen MR) is 109 cm³/mol. The molecule has 2 amide bonds. The average molecular weight is 412 g/mol. The van der Waals surface area contributed by atoms with Crippen molar-refractivity contribution in [3.63, 3.8) is 0 Å². The third-order valence-electron chi connectivity index (χ3n) is 4.26. The normalized spacial score (nSPS) is 14.2. The second-order valence-electron chi connectivity index (χ2n) is 6.88. The lowest BCUT2D eigenvalue weighted by molar-refractivity contribution is -0.142. The van der Waals surface area contributed by atoms with Crippen molar-refractivity contribution in [3.05, 3.63) is 29.8 Å². The number of nitrogens with one attached hydrogen (secondary N) is 2. The van der Waals surface area contributed by atoms with Gasteiger partial charge in [-0.2, -0.15) is 11.8 Å². The number of hydrogen-bond donors (Lipinski definition) is 5. The van der Waals surface area contributed by atoms with Gasteiger partial charge in [0.25, 0.3) is 0 Å². The minimum atomic E-state index is -1.13. The molecule has 0 unspecified atom stereocenters. The van der Waals surface area contributed by atoms with E-state index >= 15 is 0 Å². The molecule has 0 bridgehead atoms. The van der Waals surface area contributed by atoms with Gasteiger partial charge >= 0.3 is 5.97 Å². The Balaban J connectivity index is 2.96. The smallest absolute Gasteiger partial charge is 0.326 e. The fourth-order valence-corrected chi connectivity index (χ4v) is 2.88. The molecule has 8 nitrogen and oxygen atoms in total. The molecule has 1 rings (SSSR count). The number of amides is 2. The van der Waals surface area contributed by atoms with Crippen molar-refractivity contribution in [1.82, 2.24) is 10.6 Å². The maximum atomic E-state index is 12.7. The summed E-state index contributed by atoms with van der Waals surface area (Å²) in [5.41, 5.74) is 6.56. The van der Waals surface area contributed by atoms with Crippen LogP contribution in [0.4, 0.5) is 0 Å². The number of benzene rings is 1. The van der Waals surface area contributed by atoms with E-state index in [0.29, 0.717) is 11.3 Å². The minimum Gasteiger partial charge on any atom is -0.508 e. The quantitative estimate of drug-likeness (QED) is 0.361. The fourth-order valence-electron chi connectivity index (χ4n) is 2.41. The lowest BCUT2D eigenvalue weighted by Crippen LogP contribution is -2.56. The first kappa shape index (κ1) is 23.8. The highest BCUT2D eigenvalue weighted by atomic mass is 32.2. The van der Waals surface area contributed by atoms with Crippen molar-refractivity contribution < 1.29 is 24.6 Å². The Morgan fingerprint density at radius 3 is 2.14 bits per heavy atom. The Kier molecular flexibility index (Phi) is 9.81. The largest absolute Gasteiger partial charge is 0.508 e. The Morgan fingerprint density at radius 1 is 1.07 bits per heavy atom. The molecule has 0 heterocycles. The van der Waals surface area contributed by atoms with Gasteiger partial charge in [-0.25, -0.2) is 4.79 Å². The van der Waals surface area contributed by atoms with Crippen molar-refractivity contribution in [1.29, 1.82) is 0 Å². The summed E-state index contributed by atoms with van der Waals surface area (Å²) >= 11 is 1.48. The number of rotatable bonds is 11. The van der Waals surface area contributed by atoms with Gasteiger partial charge in [0, 0.05) is 6.42 Å². The summed E-state index contributed by atoms with van der Waals surface area (Å²) in [5, 5.41) is 23.9. The van der Waals surface area contributed by atoms with Gasteiger partial charge in [0.15, 0.2) is 0 Å². The molecule has 0 saturated carbocycles. The van der Waals surface area contributed by atoms with E-state index in [1.165, 1.54) is 23.9 Å². The van der Waals surface area contributed by atoms with Gasteiger partial charge in [0.2, 0.25) is 11.8 Å². The van der Waals surface area contributed by atoms with Gasteiger partial charge < -0.3 is 26.6 Å². The molecule has 0 aromatic heterocycles. The molecule has 0 aliphatic carbocycles. The van der Waals surface area contributed by atoms with Gasteiger partial charge in [-0.15, -0.1) is 0 Å². The zero-order valence-electron chi connectivity index (χ0n) is 16.3. The predicted octanol–water partition coefficient (Wildman–Crippen LogP) is 0.725. The summed E-state index contributed by atoms with van der Waals surface area (Å²) in [6, 6.07) is 3.39. The first-order valence-corrected chi connectivity index (χ1v) is 10.4. The van der Waals surface area contributed by atoms with Crippen LogP contribution in [0.5, 0.6) is 5.75 Å². The number of phenolic OH excluding ortho intramolecular Hbond substituents is 1. The molecule has 0 saturated heterocycles. The molecular weight excluding hydrogens is 382 g/mol. The molecule has 0 aliphatic heterocycles. The van der Waals surface area contributed by atoms with Crippen LogP contribution in [-0.4, -0.2) is 58.1 Å². The number of nitrogens with two attached hydrogens (primary N) is 1. The van der Waals surface area contributed by atoms with Crippen molar-refractivity contribution >= 4 is 29.5 Å². The summed E-state index contributed by atoms with van der Waals surface area (Å²) in [6.07, 6.45) is 2.26. The zero-order chi connectivity index (χ0) is 21.3. The Labute approximate surface area is 169 Å². The third-order valence-corrected chi connectivity index (χ3v) is 4.90. The lowest BCUT2D eigenvalue weighted by atomic mass is 10.0. The van der Waals surface area contributed by atoms with E-state index in [0.717, 1.165) is 0 Å². The summed E-state index contributed by atoms with van der Waals surface area (Å²) in [7, 11) is 0. The Morgan fingerprint density at radius 2 is 1.64 bits per heavy atom. The Bertz CT molecular complexity index is 666. The summed E-state index contributed by atoms with van der Waals surface area (Å²) in [4.78, 5) is 36.5. The first-order valence-electron chi connectivity index (χ1n) is 9.01. The number of phenols is 1. The van der Waals surface area contributed by atoms with Crippen molar-refractivity contribution in [2.24, 2.45) is 11.7 Å².